The van der Waals surface area contributed by atoms with Crippen LogP contribution in [0.4, 0.5) is 4.39 Å². The molecule has 0 radical (unpaired) electrons. The van der Waals surface area contributed by atoms with Crippen LogP contribution in [-0.2, 0) is 13.0 Å². The van der Waals surface area contributed by atoms with Crippen molar-refractivity contribution in [3.05, 3.63) is 39.1 Å². The van der Waals surface area contributed by atoms with E-state index < -0.39 is 0 Å². The fraction of sp³-hybridized carbons (Fsp3) is 0.438. The molecule has 0 aliphatic carbocycles. The Morgan fingerprint density at radius 2 is 2.14 bits per heavy atom. The summed E-state index contributed by atoms with van der Waals surface area (Å²) >= 11 is 5.12. The first-order valence-corrected chi connectivity index (χ1v) is 8.79. The molecule has 0 aliphatic rings. The van der Waals surface area contributed by atoms with Gasteiger partial charge >= 0.3 is 0 Å². The fourth-order valence-corrected chi connectivity index (χ4v) is 3.80. The van der Waals surface area contributed by atoms with Crippen LogP contribution in [0.1, 0.15) is 37.8 Å². The van der Waals surface area contributed by atoms with E-state index in [1.54, 1.807) is 17.4 Å². The highest BCUT2D eigenvalue weighted by Gasteiger charge is 2.14. The van der Waals surface area contributed by atoms with Crippen LogP contribution in [0, 0.1) is 5.82 Å². The fourth-order valence-electron chi connectivity index (χ4n) is 2.03. The monoisotopic (exact) mass is 370 g/mol. The van der Waals surface area contributed by atoms with Gasteiger partial charge in [-0.2, -0.15) is 0 Å². The third-order valence-corrected chi connectivity index (χ3v) is 4.88. The van der Waals surface area contributed by atoms with E-state index in [0.29, 0.717) is 6.04 Å². The molecule has 21 heavy (non-hydrogen) atoms. The van der Waals surface area contributed by atoms with Crippen LogP contribution in [0.15, 0.2) is 22.7 Å². The van der Waals surface area contributed by atoms with Gasteiger partial charge < -0.3 is 5.32 Å². The van der Waals surface area contributed by atoms with Crippen LogP contribution in [0.25, 0.3) is 10.6 Å². The lowest BCUT2D eigenvalue weighted by Crippen LogP contribution is -2.21. The molecule has 1 aromatic carbocycles. The zero-order valence-electron chi connectivity index (χ0n) is 12.5. The Balaban J connectivity index is 2.33. The first-order valence-electron chi connectivity index (χ1n) is 7.18. The largest absolute Gasteiger partial charge is 0.310 e. The average molecular weight is 371 g/mol. The topological polar surface area (TPSA) is 24.9 Å². The van der Waals surface area contributed by atoms with Crippen molar-refractivity contribution in [1.82, 2.24) is 10.3 Å². The SMILES string of the molecule is CCCc1nc(-c2ccc(F)cc2Br)sc1CNC(C)C. The van der Waals surface area contributed by atoms with E-state index in [2.05, 4.69) is 42.0 Å². The van der Waals surface area contributed by atoms with E-state index in [4.69, 9.17) is 4.98 Å². The van der Waals surface area contributed by atoms with Gasteiger partial charge in [-0.25, -0.2) is 9.37 Å². The predicted molar refractivity (Wildman–Crippen MR) is 91.2 cm³/mol. The molecule has 0 fully saturated rings. The second-order valence-corrected chi connectivity index (χ2v) is 7.24. The predicted octanol–water partition coefficient (Wildman–Crippen LogP) is 5.16. The normalized spacial score (nSPS) is 11.3. The number of benzene rings is 1. The molecule has 0 atom stereocenters. The Morgan fingerprint density at radius 1 is 1.38 bits per heavy atom. The minimum atomic E-state index is -0.238. The second kappa shape index (κ2) is 7.47. The molecule has 1 heterocycles. The molecule has 5 heteroatoms. The third kappa shape index (κ3) is 4.34. The molecule has 0 bridgehead atoms. The highest BCUT2D eigenvalue weighted by atomic mass is 79.9. The number of hydrogen-bond donors (Lipinski definition) is 1. The van der Waals surface area contributed by atoms with Gasteiger partial charge in [0, 0.05) is 27.5 Å². The average Bonchev–Trinajstić information content (AvgIpc) is 2.80. The maximum absolute atomic E-state index is 13.2. The van der Waals surface area contributed by atoms with Crippen molar-refractivity contribution in [3.8, 4) is 10.6 Å². The number of thiazole rings is 1. The van der Waals surface area contributed by atoms with Crippen molar-refractivity contribution in [2.24, 2.45) is 0 Å². The maximum Gasteiger partial charge on any atom is 0.125 e. The molecule has 1 aromatic heterocycles. The third-order valence-electron chi connectivity index (χ3n) is 3.10. The Kier molecular flexibility index (Phi) is 5.90. The van der Waals surface area contributed by atoms with Gasteiger partial charge in [0.05, 0.1) is 5.69 Å². The quantitative estimate of drug-likeness (QED) is 0.759. The van der Waals surface area contributed by atoms with E-state index in [0.717, 1.165) is 40.1 Å². The van der Waals surface area contributed by atoms with Gasteiger partial charge in [-0.15, -0.1) is 11.3 Å². The first-order chi connectivity index (χ1) is 10.0. The highest BCUT2D eigenvalue weighted by Crippen LogP contribution is 2.34. The Bertz CT molecular complexity index is 610. The van der Waals surface area contributed by atoms with Crippen LogP contribution < -0.4 is 5.32 Å². The molecule has 114 valence electrons. The molecule has 2 rings (SSSR count). The van der Waals surface area contributed by atoms with Crippen molar-refractivity contribution in [3.63, 3.8) is 0 Å². The molecule has 1 N–H and O–H groups in total. The summed E-state index contributed by atoms with van der Waals surface area (Å²) in [6.07, 6.45) is 2.05. The van der Waals surface area contributed by atoms with Gasteiger partial charge in [0.15, 0.2) is 0 Å². The standard InChI is InChI=1S/C16H20BrFN2S/c1-4-5-14-15(9-19-10(2)3)21-16(20-14)12-7-6-11(18)8-13(12)17/h6-8,10,19H,4-5,9H2,1-3H3. The van der Waals surface area contributed by atoms with Crippen molar-refractivity contribution in [2.45, 2.75) is 46.2 Å². The Labute approximate surface area is 137 Å². The van der Waals surface area contributed by atoms with Crippen molar-refractivity contribution >= 4 is 27.3 Å². The van der Waals surface area contributed by atoms with Gasteiger partial charge in [-0.1, -0.05) is 27.2 Å². The summed E-state index contributed by atoms with van der Waals surface area (Å²) in [5.74, 6) is -0.238. The minimum Gasteiger partial charge on any atom is -0.310 e. The maximum atomic E-state index is 13.2. The summed E-state index contributed by atoms with van der Waals surface area (Å²) in [5, 5.41) is 4.40. The molecule has 2 aromatic rings. The number of rotatable bonds is 6. The summed E-state index contributed by atoms with van der Waals surface area (Å²) in [4.78, 5) is 6.04. The number of aryl methyl sites for hydroxylation is 1. The zero-order chi connectivity index (χ0) is 15.4. The highest BCUT2D eigenvalue weighted by molar-refractivity contribution is 9.10. The molecule has 0 spiro atoms. The van der Waals surface area contributed by atoms with Gasteiger partial charge in [-0.05, 0) is 40.5 Å². The molecular weight excluding hydrogens is 351 g/mol. The van der Waals surface area contributed by atoms with E-state index in [1.807, 2.05) is 0 Å². The number of halogens is 2. The number of nitrogens with one attached hydrogen (secondary N) is 1. The van der Waals surface area contributed by atoms with Crippen LogP contribution >= 0.6 is 27.3 Å². The molecule has 0 saturated carbocycles. The number of hydrogen-bond acceptors (Lipinski definition) is 3. The van der Waals surface area contributed by atoms with Crippen LogP contribution in [0.3, 0.4) is 0 Å². The van der Waals surface area contributed by atoms with E-state index in [-0.39, 0.29) is 5.82 Å². The first kappa shape index (κ1) is 16.6. The second-order valence-electron chi connectivity index (χ2n) is 5.30. The Morgan fingerprint density at radius 3 is 2.76 bits per heavy atom. The van der Waals surface area contributed by atoms with Crippen molar-refractivity contribution < 1.29 is 4.39 Å². The van der Waals surface area contributed by atoms with Gasteiger partial charge in [0.2, 0.25) is 0 Å². The van der Waals surface area contributed by atoms with Crippen LogP contribution in [0.5, 0.6) is 0 Å². The number of aromatic nitrogens is 1. The zero-order valence-corrected chi connectivity index (χ0v) is 14.9. The van der Waals surface area contributed by atoms with Gasteiger partial charge in [0.1, 0.15) is 10.8 Å². The van der Waals surface area contributed by atoms with Crippen LogP contribution in [-0.4, -0.2) is 11.0 Å². The summed E-state index contributed by atoms with van der Waals surface area (Å²) in [7, 11) is 0. The van der Waals surface area contributed by atoms with Crippen molar-refractivity contribution in [2.75, 3.05) is 0 Å². The Hall–Kier alpha value is -0.780. The summed E-state index contributed by atoms with van der Waals surface area (Å²) in [6, 6.07) is 5.20. The summed E-state index contributed by atoms with van der Waals surface area (Å²) in [5.41, 5.74) is 2.11. The number of nitrogens with zero attached hydrogens (tertiary/aromatic N) is 1. The van der Waals surface area contributed by atoms with E-state index >= 15 is 0 Å². The molecule has 0 aliphatic heterocycles. The van der Waals surface area contributed by atoms with E-state index in [9.17, 15) is 4.39 Å². The molecule has 2 nitrogen and oxygen atoms in total. The van der Waals surface area contributed by atoms with Gasteiger partial charge in [-0.3, -0.25) is 0 Å². The van der Waals surface area contributed by atoms with Crippen molar-refractivity contribution in [1.29, 1.82) is 0 Å². The smallest absolute Gasteiger partial charge is 0.125 e. The molecular formula is C16H20BrFN2S. The summed E-state index contributed by atoms with van der Waals surface area (Å²) < 4.78 is 14.0. The molecule has 0 amide bonds. The van der Waals surface area contributed by atoms with Gasteiger partial charge in [0.25, 0.3) is 0 Å². The van der Waals surface area contributed by atoms with E-state index in [1.165, 1.54) is 17.0 Å². The minimum absolute atomic E-state index is 0.238. The summed E-state index contributed by atoms with van der Waals surface area (Å²) in [6.45, 7) is 7.27. The molecule has 0 unspecified atom stereocenters. The lowest BCUT2D eigenvalue weighted by Gasteiger charge is -2.07. The van der Waals surface area contributed by atoms with Crippen LogP contribution in [0.2, 0.25) is 0 Å². The lowest BCUT2D eigenvalue weighted by molar-refractivity contribution is 0.589. The molecule has 0 saturated heterocycles. The lowest BCUT2D eigenvalue weighted by atomic mass is 10.2.